The maximum atomic E-state index is 5.26. The summed E-state index contributed by atoms with van der Waals surface area (Å²) in [6.45, 7) is 3.13. The number of rotatable bonds is 4. The normalized spacial score (nSPS) is 17.1. The molecule has 0 aliphatic heterocycles. The number of anilines is 1. The van der Waals surface area contributed by atoms with Gasteiger partial charge in [-0.2, -0.15) is 0 Å². The van der Waals surface area contributed by atoms with Crippen LogP contribution in [0.1, 0.15) is 35.4 Å². The van der Waals surface area contributed by atoms with Crippen molar-refractivity contribution in [3.63, 3.8) is 0 Å². The molecule has 0 aromatic heterocycles. The molecule has 2 aromatic carbocycles. The average molecular weight is 281 g/mol. The Morgan fingerprint density at radius 1 is 1.19 bits per heavy atom. The van der Waals surface area contributed by atoms with E-state index < -0.39 is 0 Å². The summed E-state index contributed by atoms with van der Waals surface area (Å²) in [5.74, 6) is 1.54. The maximum Gasteiger partial charge on any atom is 0.119 e. The molecule has 21 heavy (non-hydrogen) atoms. The number of ether oxygens (including phenoxy) is 1. The van der Waals surface area contributed by atoms with Crippen LogP contribution >= 0.6 is 0 Å². The molecular weight excluding hydrogens is 258 g/mol. The van der Waals surface area contributed by atoms with Crippen molar-refractivity contribution in [2.45, 2.75) is 32.1 Å². The topological polar surface area (TPSA) is 21.3 Å². The number of hydrogen-bond acceptors (Lipinski definition) is 2. The molecule has 2 aromatic rings. The second-order valence-corrected chi connectivity index (χ2v) is 5.85. The van der Waals surface area contributed by atoms with Crippen LogP contribution in [0.3, 0.4) is 0 Å². The Balaban J connectivity index is 1.71. The van der Waals surface area contributed by atoms with Gasteiger partial charge < -0.3 is 10.1 Å². The SMILES string of the molecule is COc1ccc(NCC2CCCc3ccccc32)c(C)c1. The molecule has 2 heteroatoms. The van der Waals surface area contributed by atoms with E-state index in [0.29, 0.717) is 5.92 Å². The molecule has 1 aliphatic rings. The third-order valence-electron chi connectivity index (χ3n) is 4.47. The number of fused-ring (bicyclic) bond motifs is 1. The van der Waals surface area contributed by atoms with Crippen LogP contribution in [-0.2, 0) is 6.42 Å². The Bertz CT molecular complexity index is 621. The van der Waals surface area contributed by atoms with Gasteiger partial charge in [-0.25, -0.2) is 0 Å². The molecule has 0 spiro atoms. The molecule has 1 unspecified atom stereocenters. The quantitative estimate of drug-likeness (QED) is 0.888. The first-order valence-corrected chi connectivity index (χ1v) is 7.74. The van der Waals surface area contributed by atoms with Crippen molar-refractivity contribution in [3.05, 3.63) is 59.2 Å². The van der Waals surface area contributed by atoms with Crippen LogP contribution in [0.5, 0.6) is 5.75 Å². The lowest BCUT2D eigenvalue weighted by Crippen LogP contribution is -2.18. The number of aryl methyl sites for hydroxylation is 2. The average Bonchev–Trinajstić information content (AvgIpc) is 2.53. The molecule has 1 N–H and O–H groups in total. The number of methoxy groups -OCH3 is 1. The van der Waals surface area contributed by atoms with Crippen LogP contribution < -0.4 is 10.1 Å². The largest absolute Gasteiger partial charge is 0.497 e. The summed E-state index contributed by atoms with van der Waals surface area (Å²) < 4.78 is 5.26. The van der Waals surface area contributed by atoms with E-state index in [1.54, 1.807) is 7.11 Å². The highest BCUT2D eigenvalue weighted by Gasteiger charge is 2.19. The Labute approximate surface area is 127 Å². The molecule has 0 amide bonds. The van der Waals surface area contributed by atoms with Crippen LogP contribution in [0.25, 0.3) is 0 Å². The van der Waals surface area contributed by atoms with Crippen LogP contribution in [-0.4, -0.2) is 13.7 Å². The molecule has 0 saturated heterocycles. The van der Waals surface area contributed by atoms with Gasteiger partial charge in [0.2, 0.25) is 0 Å². The van der Waals surface area contributed by atoms with Crippen LogP contribution in [0.15, 0.2) is 42.5 Å². The van der Waals surface area contributed by atoms with Crippen molar-refractivity contribution in [1.29, 1.82) is 0 Å². The van der Waals surface area contributed by atoms with Gasteiger partial charge in [-0.15, -0.1) is 0 Å². The zero-order chi connectivity index (χ0) is 14.7. The highest BCUT2D eigenvalue weighted by molar-refractivity contribution is 5.54. The predicted molar refractivity (Wildman–Crippen MR) is 88.3 cm³/mol. The van der Waals surface area contributed by atoms with Gasteiger partial charge in [0.05, 0.1) is 7.11 Å². The first-order chi connectivity index (χ1) is 10.3. The third-order valence-corrected chi connectivity index (χ3v) is 4.47. The minimum atomic E-state index is 0.622. The van der Waals surface area contributed by atoms with Gasteiger partial charge in [0.15, 0.2) is 0 Å². The summed E-state index contributed by atoms with van der Waals surface area (Å²) in [5, 5.41) is 3.62. The monoisotopic (exact) mass is 281 g/mol. The van der Waals surface area contributed by atoms with Crippen molar-refractivity contribution >= 4 is 5.69 Å². The van der Waals surface area contributed by atoms with Gasteiger partial charge >= 0.3 is 0 Å². The zero-order valence-electron chi connectivity index (χ0n) is 12.9. The highest BCUT2D eigenvalue weighted by Crippen LogP contribution is 2.32. The van der Waals surface area contributed by atoms with Crippen molar-refractivity contribution in [1.82, 2.24) is 0 Å². The van der Waals surface area contributed by atoms with Gasteiger partial charge in [-0.1, -0.05) is 24.3 Å². The van der Waals surface area contributed by atoms with E-state index in [2.05, 4.69) is 48.6 Å². The predicted octanol–water partition coefficient (Wildman–Crippen LogP) is 4.54. The van der Waals surface area contributed by atoms with E-state index in [9.17, 15) is 0 Å². The maximum absolute atomic E-state index is 5.26. The zero-order valence-corrected chi connectivity index (χ0v) is 12.9. The highest BCUT2D eigenvalue weighted by atomic mass is 16.5. The first-order valence-electron chi connectivity index (χ1n) is 7.74. The van der Waals surface area contributed by atoms with Crippen molar-refractivity contribution in [3.8, 4) is 5.75 Å². The van der Waals surface area contributed by atoms with E-state index >= 15 is 0 Å². The second-order valence-electron chi connectivity index (χ2n) is 5.85. The van der Waals surface area contributed by atoms with Gasteiger partial charge in [0.25, 0.3) is 0 Å². The van der Waals surface area contributed by atoms with Crippen molar-refractivity contribution in [2.24, 2.45) is 0 Å². The summed E-state index contributed by atoms with van der Waals surface area (Å²) >= 11 is 0. The summed E-state index contributed by atoms with van der Waals surface area (Å²) in [4.78, 5) is 0. The molecular formula is C19H23NO. The smallest absolute Gasteiger partial charge is 0.119 e. The number of benzene rings is 2. The molecule has 0 bridgehead atoms. The minimum absolute atomic E-state index is 0.622. The van der Waals surface area contributed by atoms with Crippen LogP contribution in [0, 0.1) is 6.92 Å². The number of hydrogen-bond donors (Lipinski definition) is 1. The molecule has 1 atom stereocenters. The lowest BCUT2D eigenvalue weighted by Gasteiger charge is -2.26. The lowest BCUT2D eigenvalue weighted by molar-refractivity contribution is 0.414. The fourth-order valence-corrected chi connectivity index (χ4v) is 3.26. The fraction of sp³-hybridized carbons (Fsp3) is 0.368. The van der Waals surface area contributed by atoms with E-state index in [1.165, 1.54) is 41.6 Å². The fourth-order valence-electron chi connectivity index (χ4n) is 3.26. The van der Waals surface area contributed by atoms with Gasteiger partial charge in [-0.3, -0.25) is 0 Å². The summed E-state index contributed by atoms with van der Waals surface area (Å²) in [5.41, 5.74) is 5.50. The van der Waals surface area contributed by atoms with Gasteiger partial charge in [0.1, 0.15) is 5.75 Å². The molecule has 0 fully saturated rings. The Morgan fingerprint density at radius 2 is 2.05 bits per heavy atom. The van der Waals surface area contributed by atoms with E-state index in [1.807, 2.05) is 6.07 Å². The molecule has 0 heterocycles. The van der Waals surface area contributed by atoms with Crippen molar-refractivity contribution in [2.75, 3.05) is 19.0 Å². The Hall–Kier alpha value is -1.96. The summed E-state index contributed by atoms with van der Waals surface area (Å²) in [7, 11) is 1.71. The molecule has 3 rings (SSSR count). The standard InChI is InChI=1S/C19H23NO/c1-14-12-17(21-2)10-11-19(14)20-13-16-8-5-7-15-6-3-4-9-18(15)16/h3-4,6,9-12,16,20H,5,7-8,13H2,1-2H3. The van der Waals surface area contributed by atoms with Gasteiger partial charge in [-0.05, 0) is 61.1 Å². The summed E-state index contributed by atoms with van der Waals surface area (Å²) in [6.07, 6.45) is 3.80. The minimum Gasteiger partial charge on any atom is -0.497 e. The Morgan fingerprint density at radius 3 is 2.86 bits per heavy atom. The van der Waals surface area contributed by atoms with E-state index in [0.717, 1.165) is 12.3 Å². The summed E-state index contributed by atoms with van der Waals surface area (Å²) in [6, 6.07) is 15.1. The van der Waals surface area contributed by atoms with Crippen molar-refractivity contribution < 1.29 is 4.74 Å². The van der Waals surface area contributed by atoms with Crippen LogP contribution in [0.2, 0.25) is 0 Å². The third kappa shape index (κ3) is 3.05. The molecule has 0 radical (unpaired) electrons. The molecule has 2 nitrogen and oxygen atoms in total. The molecule has 110 valence electrons. The van der Waals surface area contributed by atoms with E-state index in [-0.39, 0.29) is 0 Å². The first kappa shape index (κ1) is 14.0. The lowest BCUT2D eigenvalue weighted by atomic mass is 9.83. The second kappa shape index (κ2) is 6.21. The molecule has 0 saturated carbocycles. The van der Waals surface area contributed by atoms with Gasteiger partial charge in [0, 0.05) is 18.2 Å². The van der Waals surface area contributed by atoms with E-state index in [4.69, 9.17) is 4.74 Å². The number of nitrogens with one attached hydrogen (secondary N) is 1. The molecule has 1 aliphatic carbocycles. The Kier molecular flexibility index (Phi) is 4.14. The van der Waals surface area contributed by atoms with Crippen LogP contribution in [0.4, 0.5) is 5.69 Å².